The largest absolute Gasteiger partial charge is 0.316 e. The van der Waals surface area contributed by atoms with E-state index in [4.69, 9.17) is 5.10 Å². The van der Waals surface area contributed by atoms with Crippen molar-refractivity contribution in [2.45, 2.75) is 25.7 Å². The van der Waals surface area contributed by atoms with E-state index in [-0.39, 0.29) is 5.82 Å². The van der Waals surface area contributed by atoms with Crippen LogP contribution in [-0.2, 0) is 0 Å². The van der Waals surface area contributed by atoms with Gasteiger partial charge in [-0.2, -0.15) is 5.10 Å². The minimum Gasteiger partial charge on any atom is -0.316 e. The predicted octanol–water partition coefficient (Wildman–Crippen LogP) is 3.31. The fourth-order valence-corrected chi connectivity index (χ4v) is 3.28. The Morgan fingerprint density at radius 2 is 2.17 bits per heavy atom. The van der Waals surface area contributed by atoms with E-state index in [0.717, 1.165) is 47.8 Å². The molecule has 1 fully saturated rings. The highest BCUT2D eigenvalue weighted by Crippen LogP contribution is 2.26. The molecule has 0 spiro atoms. The summed E-state index contributed by atoms with van der Waals surface area (Å²) < 4.78 is 15.4. The lowest BCUT2D eigenvalue weighted by Crippen LogP contribution is -2.28. The molecule has 0 bridgehead atoms. The van der Waals surface area contributed by atoms with Gasteiger partial charge in [0.1, 0.15) is 5.82 Å². The number of hydrogen-bond acceptors (Lipinski definition) is 3. The SMILES string of the molecule is Cc1cc(-c2cccc(F)c2)n2nc(C3CCCNC3)cc2n1. The van der Waals surface area contributed by atoms with E-state index in [0.29, 0.717) is 5.92 Å². The Hall–Kier alpha value is -2.27. The molecule has 0 amide bonds. The molecule has 1 aliphatic heterocycles. The molecule has 1 N–H and O–H groups in total. The molecular formula is C18H19FN4. The van der Waals surface area contributed by atoms with Crippen molar-refractivity contribution in [1.29, 1.82) is 0 Å². The Bertz CT molecular complexity index is 849. The van der Waals surface area contributed by atoms with E-state index < -0.39 is 0 Å². The minimum absolute atomic E-state index is 0.242. The van der Waals surface area contributed by atoms with Crippen molar-refractivity contribution < 1.29 is 4.39 Å². The first-order valence-electron chi connectivity index (χ1n) is 8.05. The number of benzene rings is 1. The van der Waals surface area contributed by atoms with Crippen LogP contribution >= 0.6 is 0 Å². The smallest absolute Gasteiger partial charge is 0.156 e. The minimum atomic E-state index is -0.242. The number of halogens is 1. The van der Waals surface area contributed by atoms with Crippen LogP contribution in [0.15, 0.2) is 36.4 Å². The van der Waals surface area contributed by atoms with Crippen molar-refractivity contribution in [1.82, 2.24) is 19.9 Å². The molecule has 5 heteroatoms. The second-order valence-corrected chi connectivity index (χ2v) is 6.18. The number of fused-ring (bicyclic) bond motifs is 1. The summed E-state index contributed by atoms with van der Waals surface area (Å²) >= 11 is 0. The van der Waals surface area contributed by atoms with Gasteiger partial charge in [-0.05, 0) is 44.5 Å². The van der Waals surface area contributed by atoms with Crippen molar-refractivity contribution >= 4 is 5.65 Å². The van der Waals surface area contributed by atoms with Crippen molar-refractivity contribution in [3.05, 3.63) is 53.6 Å². The monoisotopic (exact) mass is 310 g/mol. The highest BCUT2D eigenvalue weighted by Gasteiger charge is 2.19. The zero-order valence-electron chi connectivity index (χ0n) is 13.1. The van der Waals surface area contributed by atoms with Crippen LogP contribution in [-0.4, -0.2) is 27.7 Å². The van der Waals surface area contributed by atoms with Gasteiger partial charge >= 0.3 is 0 Å². The first-order chi connectivity index (χ1) is 11.2. The second-order valence-electron chi connectivity index (χ2n) is 6.18. The maximum atomic E-state index is 13.6. The number of rotatable bonds is 2. The topological polar surface area (TPSA) is 42.2 Å². The number of aryl methyl sites for hydroxylation is 1. The van der Waals surface area contributed by atoms with E-state index in [2.05, 4.69) is 16.4 Å². The third-order valence-corrected chi connectivity index (χ3v) is 4.41. The van der Waals surface area contributed by atoms with Crippen molar-refractivity contribution in [2.75, 3.05) is 13.1 Å². The summed E-state index contributed by atoms with van der Waals surface area (Å²) in [4.78, 5) is 4.59. The van der Waals surface area contributed by atoms with Gasteiger partial charge < -0.3 is 5.32 Å². The quantitative estimate of drug-likeness (QED) is 0.789. The highest BCUT2D eigenvalue weighted by atomic mass is 19.1. The maximum absolute atomic E-state index is 13.6. The van der Waals surface area contributed by atoms with E-state index in [1.807, 2.05) is 23.6 Å². The molecule has 0 aliphatic carbocycles. The molecule has 1 aromatic carbocycles. The third kappa shape index (κ3) is 2.72. The van der Waals surface area contributed by atoms with Gasteiger partial charge in [0.2, 0.25) is 0 Å². The van der Waals surface area contributed by atoms with Crippen LogP contribution in [0.25, 0.3) is 16.9 Å². The summed E-state index contributed by atoms with van der Waals surface area (Å²) in [5.74, 6) is 0.181. The molecule has 4 rings (SSSR count). The lowest BCUT2D eigenvalue weighted by molar-refractivity contribution is 0.453. The molecule has 1 unspecified atom stereocenters. The molecule has 1 aliphatic rings. The molecule has 3 heterocycles. The van der Waals surface area contributed by atoms with Crippen molar-refractivity contribution in [3.63, 3.8) is 0 Å². The van der Waals surface area contributed by atoms with Crippen LogP contribution in [0.3, 0.4) is 0 Å². The molecule has 3 aromatic rings. The fraction of sp³-hybridized carbons (Fsp3) is 0.333. The number of aromatic nitrogens is 3. The first kappa shape index (κ1) is 14.3. The van der Waals surface area contributed by atoms with Gasteiger partial charge in [-0.1, -0.05) is 12.1 Å². The van der Waals surface area contributed by atoms with Crippen molar-refractivity contribution in [3.8, 4) is 11.3 Å². The van der Waals surface area contributed by atoms with Crippen LogP contribution in [0.4, 0.5) is 4.39 Å². The molecule has 0 radical (unpaired) electrons. The molecule has 1 atom stereocenters. The molecule has 23 heavy (non-hydrogen) atoms. The Morgan fingerprint density at radius 1 is 1.26 bits per heavy atom. The van der Waals surface area contributed by atoms with E-state index >= 15 is 0 Å². The molecule has 2 aromatic heterocycles. The summed E-state index contributed by atoms with van der Waals surface area (Å²) in [7, 11) is 0. The number of hydrogen-bond donors (Lipinski definition) is 1. The van der Waals surface area contributed by atoms with Crippen LogP contribution in [0.2, 0.25) is 0 Å². The van der Waals surface area contributed by atoms with Crippen LogP contribution < -0.4 is 5.32 Å². The summed E-state index contributed by atoms with van der Waals surface area (Å²) in [5.41, 5.74) is 4.49. The maximum Gasteiger partial charge on any atom is 0.156 e. The van der Waals surface area contributed by atoms with Gasteiger partial charge in [-0.15, -0.1) is 0 Å². The molecular weight excluding hydrogens is 291 g/mol. The lowest BCUT2D eigenvalue weighted by Gasteiger charge is -2.20. The van der Waals surface area contributed by atoms with Gasteiger partial charge in [0, 0.05) is 29.8 Å². The Labute approximate surface area is 134 Å². The first-order valence-corrected chi connectivity index (χ1v) is 8.05. The molecule has 0 saturated carbocycles. The average molecular weight is 310 g/mol. The highest BCUT2D eigenvalue weighted by molar-refractivity contribution is 5.63. The Kier molecular flexibility index (Phi) is 3.58. The number of nitrogens with zero attached hydrogens (tertiary/aromatic N) is 3. The van der Waals surface area contributed by atoms with Gasteiger partial charge in [0.25, 0.3) is 0 Å². The molecule has 1 saturated heterocycles. The van der Waals surface area contributed by atoms with E-state index in [9.17, 15) is 4.39 Å². The third-order valence-electron chi connectivity index (χ3n) is 4.41. The average Bonchev–Trinajstić information content (AvgIpc) is 2.98. The van der Waals surface area contributed by atoms with Crippen LogP contribution in [0, 0.1) is 12.7 Å². The van der Waals surface area contributed by atoms with Crippen molar-refractivity contribution in [2.24, 2.45) is 0 Å². The van der Waals surface area contributed by atoms with Gasteiger partial charge in [0.05, 0.1) is 11.4 Å². The Balaban J connectivity index is 1.85. The summed E-state index contributed by atoms with van der Waals surface area (Å²) in [5, 5.41) is 8.20. The summed E-state index contributed by atoms with van der Waals surface area (Å²) in [6.45, 7) is 3.99. The van der Waals surface area contributed by atoms with Gasteiger partial charge in [0.15, 0.2) is 5.65 Å². The van der Waals surface area contributed by atoms with Crippen LogP contribution in [0.5, 0.6) is 0 Å². The van der Waals surface area contributed by atoms with E-state index in [1.54, 1.807) is 6.07 Å². The van der Waals surface area contributed by atoms with Gasteiger partial charge in [-0.3, -0.25) is 0 Å². The normalized spacial score (nSPS) is 18.4. The predicted molar refractivity (Wildman–Crippen MR) is 88.0 cm³/mol. The zero-order chi connectivity index (χ0) is 15.8. The number of nitrogens with one attached hydrogen (secondary N) is 1. The van der Waals surface area contributed by atoms with Crippen LogP contribution in [0.1, 0.15) is 30.1 Å². The molecule has 4 nitrogen and oxygen atoms in total. The molecule has 118 valence electrons. The standard InChI is InChI=1S/C18H19FN4/c1-12-8-17(13-4-2-6-15(19)9-13)23-18(21-12)10-16(22-23)14-5-3-7-20-11-14/h2,4,6,8-10,14,20H,3,5,7,11H2,1H3. The summed E-state index contributed by atoms with van der Waals surface area (Å²) in [6, 6.07) is 10.6. The lowest BCUT2D eigenvalue weighted by atomic mass is 9.96. The fourth-order valence-electron chi connectivity index (χ4n) is 3.28. The van der Waals surface area contributed by atoms with E-state index in [1.165, 1.54) is 18.6 Å². The number of piperidine rings is 1. The summed E-state index contributed by atoms with van der Waals surface area (Å²) in [6.07, 6.45) is 2.31. The van der Waals surface area contributed by atoms with Gasteiger partial charge in [-0.25, -0.2) is 13.9 Å². The Morgan fingerprint density at radius 3 is 2.96 bits per heavy atom. The second kappa shape index (κ2) is 5.74. The zero-order valence-corrected chi connectivity index (χ0v) is 13.1.